The number of aliphatic hydroxyl groups excluding tert-OH is 2. The van der Waals surface area contributed by atoms with Gasteiger partial charge in [0.05, 0.1) is 25.7 Å². The van der Waals surface area contributed by atoms with Gasteiger partial charge in [0, 0.05) is 30.6 Å². The highest BCUT2D eigenvalue weighted by molar-refractivity contribution is 6.36. The smallest absolute Gasteiger partial charge is 0.290 e. The van der Waals surface area contributed by atoms with E-state index in [9.17, 15) is 24.6 Å². The Bertz CT molecular complexity index is 1190. The summed E-state index contributed by atoms with van der Waals surface area (Å²) in [6.07, 6.45) is -0.0372. The van der Waals surface area contributed by atoms with Crippen LogP contribution in [-0.4, -0.2) is 77.8 Å². The van der Waals surface area contributed by atoms with E-state index in [1.54, 1.807) is 32.2 Å². The number of methoxy groups -OCH3 is 1. The van der Waals surface area contributed by atoms with Gasteiger partial charge in [0.2, 0.25) is 11.7 Å². The van der Waals surface area contributed by atoms with Crippen molar-refractivity contribution in [3.05, 3.63) is 71.3 Å². The average molecular weight is 509 g/mol. The number of nitrogens with one attached hydrogen (secondary N) is 1. The molecule has 37 heavy (non-hydrogen) atoms. The topological polar surface area (TPSA) is 125 Å². The molecule has 0 saturated heterocycles. The lowest BCUT2D eigenvalue weighted by Gasteiger charge is -2.40. The molecule has 2 amide bonds. The van der Waals surface area contributed by atoms with E-state index >= 15 is 0 Å². The first-order chi connectivity index (χ1) is 17.9. The number of hydrogen-bond donors (Lipinski definition) is 3. The molecule has 4 rings (SSSR count). The van der Waals surface area contributed by atoms with Crippen LogP contribution in [0.1, 0.15) is 30.4 Å². The van der Waals surface area contributed by atoms with Crippen molar-refractivity contribution in [2.75, 3.05) is 26.8 Å². The number of ether oxygens (including phenoxy) is 2. The zero-order valence-corrected chi connectivity index (χ0v) is 20.9. The molecule has 9 heteroatoms. The van der Waals surface area contributed by atoms with Gasteiger partial charge in [-0.2, -0.15) is 0 Å². The molecular formula is C28H32N2O7. The Kier molecular flexibility index (Phi) is 8.25. The average Bonchev–Trinajstić information content (AvgIpc) is 3.32. The molecule has 0 aromatic heterocycles. The molecule has 0 saturated carbocycles. The van der Waals surface area contributed by atoms with Gasteiger partial charge in [-0.3, -0.25) is 14.4 Å². The van der Waals surface area contributed by atoms with Crippen LogP contribution in [0.3, 0.4) is 0 Å². The van der Waals surface area contributed by atoms with Crippen molar-refractivity contribution < 1.29 is 34.1 Å². The molecule has 2 aromatic rings. The number of rotatable bonds is 10. The van der Waals surface area contributed by atoms with Gasteiger partial charge < -0.3 is 29.9 Å². The van der Waals surface area contributed by atoms with Crippen LogP contribution in [-0.2, 0) is 20.8 Å². The predicted molar refractivity (Wildman–Crippen MR) is 135 cm³/mol. The Morgan fingerprint density at radius 3 is 2.65 bits per heavy atom. The number of benzene rings is 2. The normalized spacial score (nSPS) is 21.7. The molecule has 1 heterocycles. The van der Waals surface area contributed by atoms with Gasteiger partial charge in [0.1, 0.15) is 23.7 Å². The van der Waals surface area contributed by atoms with Gasteiger partial charge in [-0.15, -0.1) is 0 Å². The molecule has 1 aliphatic heterocycles. The largest absolute Gasteiger partial charge is 0.497 e. The van der Waals surface area contributed by atoms with Gasteiger partial charge in [0.25, 0.3) is 5.91 Å². The standard InChI is InChI=1S/C28H32N2O7/c1-3-22(32)28(35)30(13-11-17-7-6-8-18(15-17)36-2)21-16-20(27(34)29-12-14-31)24-19-9-4-5-10-23(19)37-26(24)25(21)33/h4-10,15-16,21,24-26,31,33H,3,11-14H2,1-2H3,(H,29,34). The second-order valence-corrected chi connectivity index (χ2v) is 9.06. The minimum Gasteiger partial charge on any atom is -0.497 e. The second-order valence-electron chi connectivity index (χ2n) is 9.06. The van der Waals surface area contributed by atoms with Crippen molar-refractivity contribution in [1.82, 2.24) is 10.2 Å². The summed E-state index contributed by atoms with van der Waals surface area (Å²) in [6.45, 7) is 1.55. The maximum atomic E-state index is 13.3. The van der Waals surface area contributed by atoms with Gasteiger partial charge in [-0.1, -0.05) is 37.3 Å². The number of nitrogens with zero attached hydrogens (tertiary/aromatic N) is 1. The van der Waals surface area contributed by atoms with E-state index < -0.39 is 41.8 Å². The van der Waals surface area contributed by atoms with Gasteiger partial charge in [-0.05, 0) is 36.3 Å². The summed E-state index contributed by atoms with van der Waals surface area (Å²) in [4.78, 5) is 40.3. The zero-order chi connectivity index (χ0) is 26.5. The minimum absolute atomic E-state index is 0.0128. The fourth-order valence-corrected chi connectivity index (χ4v) is 4.97. The predicted octanol–water partition coefficient (Wildman–Crippen LogP) is 1.37. The molecule has 3 N–H and O–H groups in total. The highest BCUT2D eigenvalue weighted by atomic mass is 16.5. The summed E-state index contributed by atoms with van der Waals surface area (Å²) in [7, 11) is 1.57. The fourth-order valence-electron chi connectivity index (χ4n) is 4.97. The van der Waals surface area contributed by atoms with Crippen LogP contribution in [0.15, 0.2) is 60.2 Å². The van der Waals surface area contributed by atoms with E-state index in [0.717, 1.165) is 11.1 Å². The third-order valence-corrected chi connectivity index (χ3v) is 6.83. The van der Waals surface area contributed by atoms with Crippen molar-refractivity contribution in [3.8, 4) is 11.5 Å². The Hall–Kier alpha value is -3.69. The number of para-hydroxylation sites is 1. The number of carbonyl (C=O) groups excluding carboxylic acids is 3. The lowest BCUT2D eigenvalue weighted by Crippen LogP contribution is -2.57. The Morgan fingerprint density at radius 2 is 1.92 bits per heavy atom. The number of ketones is 1. The highest BCUT2D eigenvalue weighted by Crippen LogP contribution is 2.47. The number of aliphatic hydroxyl groups is 2. The van der Waals surface area contributed by atoms with Crippen molar-refractivity contribution in [2.24, 2.45) is 0 Å². The second kappa shape index (κ2) is 11.6. The third kappa shape index (κ3) is 5.38. The number of amides is 2. The van der Waals surface area contributed by atoms with Gasteiger partial charge >= 0.3 is 0 Å². The summed E-state index contributed by atoms with van der Waals surface area (Å²) in [5, 5.41) is 23.4. The quantitative estimate of drug-likeness (QED) is 0.414. The van der Waals surface area contributed by atoms with Crippen LogP contribution in [0.5, 0.6) is 11.5 Å². The number of carbonyl (C=O) groups is 3. The first-order valence-corrected chi connectivity index (χ1v) is 12.4. The van der Waals surface area contributed by atoms with Crippen molar-refractivity contribution in [1.29, 1.82) is 0 Å². The maximum absolute atomic E-state index is 13.3. The van der Waals surface area contributed by atoms with Crippen LogP contribution in [0.2, 0.25) is 0 Å². The molecule has 196 valence electrons. The van der Waals surface area contributed by atoms with Crippen molar-refractivity contribution in [2.45, 2.75) is 43.9 Å². The SMILES string of the molecule is CCC(=O)C(=O)N(CCc1cccc(OC)c1)C1C=C(C(=O)NCCO)C2c3ccccc3OC2C1O. The Balaban J connectivity index is 1.72. The molecule has 9 nitrogen and oxygen atoms in total. The molecule has 0 bridgehead atoms. The van der Waals surface area contributed by atoms with E-state index in [1.807, 2.05) is 36.4 Å². The summed E-state index contributed by atoms with van der Waals surface area (Å²) >= 11 is 0. The van der Waals surface area contributed by atoms with Gasteiger partial charge in [0.15, 0.2) is 0 Å². The summed E-state index contributed by atoms with van der Waals surface area (Å²) in [5.41, 5.74) is 1.97. The lowest BCUT2D eigenvalue weighted by atomic mass is 9.77. The Labute approximate surface area is 215 Å². The van der Waals surface area contributed by atoms with E-state index in [2.05, 4.69) is 5.32 Å². The molecule has 4 atom stereocenters. The molecule has 0 radical (unpaired) electrons. The third-order valence-electron chi connectivity index (χ3n) is 6.83. The maximum Gasteiger partial charge on any atom is 0.290 e. The number of Topliss-reactive ketones (excluding diaryl/α,β-unsaturated/α-hetero) is 1. The molecule has 2 aromatic carbocycles. The minimum atomic E-state index is -1.19. The van der Waals surface area contributed by atoms with E-state index in [4.69, 9.17) is 9.47 Å². The summed E-state index contributed by atoms with van der Waals surface area (Å²) in [6, 6.07) is 13.7. The first-order valence-electron chi connectivity index (χ1n) is 12.4. The summed E-state index contributed by atoms with van der Waals surface area (Å²) in [5.74, 6) is -1.08. The summed E-state index contributed by atoms with van der Waals surface area (Å²) < 4.78 is 11.4. The van der Waals surface area contributed by atoms with Crippen molar-refractivity contribution in [3.63, 3.8) is 0 Å². The van der Waals surface area contributed by atoms with Crippen LogP contribution in [0.4, 0.5) is 0 Å². The van der Waals surface area contributed by atoms with Gasteiger partial charge in [-0.25, -0.2) is 0 Å². The highest BCUT2D eigenvalue weighted by Gasteiger charge is 2.50. The first kappa shape index (κ1) is 26.4. The fraction of sp³-hybridized carbons (Fsp3) is 0.393. The molecule has 0 spiro atoms. The van der Waals surface area contributed by atoms with E-state index in [1.165, 1.54) is 4.90 Å². The van der Waals surface area contributed by atoms with Crippen LogP contribution < -0.4 is 14.8 Å². The molecule has 4 unspecified atom stereocenters. The molecule has 1 aliphatic carbocycles. The van der Waals surface area contributed by atoms with Crippen LogP contribution in [0, 0.1) is 0 Å². The zero-order valence-electron chi connectivity index (χ0n) is 20.9. The number of hydrogen-bond acceptors (Lipinski definition) is 7. The van der Waals surface area contributed by atoms with Crippen molar-refractivity contribution >= 4 is 17.6 Å². The monoisotopic (exact) mass is 508 g/mol. The van der Waals surface area contributed by atoms with E-state index in [0.29, 0.717) is 23.5 Å². The van der Waals surface area contributed by atoms with E-state index in [-0.39, 0.29) is 26.1 Å². The Morgan fingerprint density at radius 1 is 1.14 bits per heavy atom. The molecular weight excluding hydrogens is 476 g/mol. The number of fused-ring (bicyclic) bond motifs is 3. The van der Waals surface area contributed by atoms with Crippen LogP contribution in [0.25, 0.3) is 0 Å². The molecule has 2 aliphatic rings. The lowest BCUT2D eigenvalue weighted by molar-refractivity contribution is -0.148. The van der Waals surface area contributed by atoms with Crippen LogP contribution >= 0.6 is 0 Å². The molecule has 0 fully saturated rings.